The van der Waals surface area contributed by atoms with Crippen LogP contribution in [0.25, 0.3) is 0 Å². The molecule has 1 aromatic heterocycles. The van der Waals surface area contributed by atoms with Crippen molar-refractivity contribution in [1.82, 2.24) is 10.3 Å². The number of aliphatic hydroxyl groups is 1. The molecule has 234 valence electrons. The second-order valence-electron chi connectivity index (χ2n) is 11.8. The van der Waals surface area contributed by atoms with E-state index in [4.69, 9.17) is 11.5 Å². The predicted molar refractivity (Wildman–Crippen MR) is 173 cm³/mol. The lowest BCUT2D eigenvalue weighted by Gasteiger charge is -2.36. The third-order valence-electron chi connectivity index (χ3n) is 8.59. The Kier molecular flexibility index (Phi) is 13.8. The van der Waals surface area contributed by atoms with Crippen LogP contribution in [0.15, 0.2) is 31.0 Å². The van der Waals surface area contributed by atoms with E-state index in [-0.39, 0.29) is 46.4 Å². The Labute approximate surface area is 259 Å². The summed E-state index contributed by atoms with van der Waals surface area (Å²) in [6.45, 7) is 7.74. The first-order chi connectivity index (χ1) is 20.1. The second kappa shape index (κ2) is 16.8. The minimum atomic E-state index is -1.44. The lowest BCUT2D eigenvalue weighted by atomic mass is 9.79. The molecule has 2 amide bonds. The minimum absolute atomic E-state index is 0.00549. The van der Waals surface area contributed by atoms with Gasteiger partial charge in [0, 0.05) is 29.7 Å². The summed E-state index contributed by atoms with van der Waals surface area (Å²) in [4.78, 5) is 44.4. The number of amides is 2. The largest absolute Gasteiger partial charge is 0.393 e. The molecule has 0 bridgehead atoms. The van der Waals surface area contributed by atoms with Crippen molar-refractivity contribution in [2.45, 2.75) is 106 Å². The fourth-order valence-corrected chi connectivity index (χ4v) is 8.57. The molecule has 7 N–H and O–H groups in total. The zero-order valence-electron chi connectivity index (χ0n) is 25.1. The first kappa shape index (κ1) is 34.6. The maximum Gasteiger partial charge on any atom is 0.242 e. The number of carbonyl (C=O) groups excluding carboxylic acids is 3. The number of pyridine rings is 1. The van der Waals surface area contributed by atoms with Crippen LogP contribution in [0.3, 0.4) is 0 Å². The Morgan fingerprint density at radius 1 is 1.17 bits per heavy atom. The lowest BCUT2D eigenvalue weighted by Crippen LogP contribution is -2.60. The van der Waals surface area contributed by atoms with Crippen LogP contribution in [-0.4, -0.2) is 67.5 Å². The normalized spacial score (nSPS) is 20.6. The summed E-state index contributed by atoms with van der Waals surface area (Å²) in [6, 6.07) is 1.64. The third kappa shape index (κ3) is 9.54. The Bertz CT molecular complexity index is 1050. The van der Waals surface area contributed by atoms with Crippen LogP contribution in [0.5, 0.6) is 0 Å². The molecule has 2 fully saturated rings. The molecule has 3 rings (SSSR count). The lowest BCUT2D eigenvalue weighted by molar-refractivity contribution is -0.124. The van der Waals surface area contributed by atoms with E-state index in [2.05, 4.69) is 22.2 Å². The molecule has 2 aliphatic rings. The summed E-state index contributed by atoms with van der Waals surface area (Å²) in [5, 5.41) is 16.9. The van der Waals surface area contributed by atoms with Crippen LogP contribution in [0.2, 0.25) is 0 Å². The van der Waals surface area contributed by atoms with Gasteiger partial charge in [-0.1, -0.05) is 58.4 Å². The Morgan fingerprint density at radius 2 is 1.86 bits per heavy atom. The van der Waals surface area contributed by atoms with E-state index in [1.165, 1.54) is 38.3 Å². The van der Waals surface area contributed by atoms with Crippen LogP contribution in [0.1, 0.15) is 88.4 Å². The van der Waals surface area contributed by atoms with Gasteiger partial charge in [-0.2, -0.15) is 0 Å². The molecule has 5 atom stereocenters. The molecule has 1 saturated carbocycles. The number of thioether (sulfide) groups is 2. The fraction of sp³-hybridized carbons (Fsp3) is 0.677. The first-order valence-electron chi connectivity index (χ1n) is 15.3. The Hall–Kier alpha value is -1.92. The van der Waals surface area contributed by atoms with E-state index in [0.29, 0.717) is 12.3 Å². The van der Waals surface area contributed by atoms with E-state index < -0.39 is 29.6 Å². The molecule has 0 aromatic carbocycles. The number of carbonyl (C=O) groups is 3. The number of ketones is 1. The molecule has 42 heavy (non-hydrogen) atoms. The summed E-state index contributed by atoms with van der Waals surface area (Å²) >= 11 is 3.28. The highest BCUT2D eigenvalue weighted by atomic mass is 32.2. The highest BCUT2D eigenvalue weighted by Crippen LogP contribution is 2.35. The number of hydrogen-bond donors (Lipinski definition) is 5. The standard InChI is InChI=1S/C31H49N5O4S2/c1-4-15-31(36-29(40)26(33)30-41-16-17-42-30,18-23(37)13-11-21-9-7-6-8-10-21)27(38)22-12-14-24(34-19-22)35-28(39)25(32)20(3)5-2/h4,12,14,19-21,23,25-26,30,37H,1,5-11,13,15-18,32-33H2,2-3H3,(H,36,40)(H,34,35,39)/t20-,23?,25-,26+,31-/m0/s1. The number of nitrogens with two attached hydrogens (primary N) is 2. The van der Waals surface area contributed by atoms with Crippen LogP contribution < -0.4 is 22.1 Å². The van der Waals surface area contributed by atoms with Crippen LogP contribution in [0.4, 0.5) is 5.82 Å². The summed E-state index contributed by atoms with van der Waals surface area (Å²) in [7, 11) is 0. The number of rotatable bonds is 16. The molecule has 1 aliphatic heterocycles. The van der Waals surface area contributed by atoms with Gasteiger partial charge in [0.25, 0.3) is 0 Å². The number of Topliss-reactive ketones (excluding diaryl/α,β-unsaturated/α-hetero) is 1. The molecule has 2 heterocycles. The van der Waals surface area contributed by atoms with Gasteiger partial charge in [0.05, 0.1) is 16.7 Å². The average Bonchev–Trinajstić information content (AvgIpc) is 3.54. The summed E-state index contributed by atoms with van der Waals surface area (Å²) < 4.78 is -0.0934. The number of hydrogen-bond acceptors (Lipinski definition) is 9. The van der Waals surface area contributed by atoms with Gasteiger partial charge in [-0.25, -0.2) is 4.98 Å². The van der Waals surface area contributed by atoms with Crippen LogP contribution >= 0.6 is 23.5 Å². The van der Waals surface area contributed by atoms with Gasteiger partial charge in [0.15, 0.2) is 5.78 Å². The molecule has 9 nitrogen and oxygen atoms in total. The average molecular weight is 620 g/mol. The van der Waals surface area contributed by atoms with Crippen molar-refractivity contribution in [3.8, 4) is 0 Å². The smallest absolute Gasteiger partial charge is 0.242 e. The summed E-state index contributed by atoms with van der Waals surface area (Å²) in [5.74, 6) is 1.55. The van der Waals surface area contributed by atoms with Crippen molar-refractivity contribution >= 4 is 46.9 Å². The van der Waals surface area contributed by atoms with E-state index >= 15 is 0 Å². The van der Waals surface area contributed by atoms with Crippen LogP contribution in [0, 0.1) is 11.8 Å². The van der Waals surface area contributed by atoms with E-state index in [1.807, 2.05) is 13.8 Å². The maximum absolute atomic E-state index is 14.2. The number of anilines is 1. The van der Waals surface area contributed by atoms with Crippen molar-refractivity contribution in [1.29, 1.82) is 0 Å². The number of aliphatic hydroxyl groups excluding tert-OH is 1. The summed E-state index contributed by atoms with van der Waals surface area (Å²) in [6.07, 6.45) is 10.6. The molecule has 1 aromatic rings. The molecule has 1 aliphatic carbocycles. The fourth-order valence-electron chi connectivity index (χ4n) is 5.71. The molecule has 11 heteroatoms. The van der Waals surface area contributed by atoms with Gasteiger partial charge in [-0.05, 0) is 43.2 Å². The second-order valence-corrected chi connectivity index (χ2v) is 14.6. The third-order valence-corrected chi connectivity index (χ3v) is 11.8. The number of nitrogens with one attached hydrogen (secondary N) is 2. The first-order valence-corrected chi connectivity index (χ1v) is 17.4. The Morgan fingerprint density at radius 3 is 2.45 bits per heavy atom. The van der Waals surface area contributed by atoms with Gasteiger partial charge in [-0.15, -0.1) is 30.1 Å². The molecular weight excluding hydrogens is 571 g/mol. The predicted octanol–water partition coefficient (Wildman–Crippen LogP) is 4.25. The highest BCUT2D eigenvalue weighted by molar-refractivity contribution is 8.20. The molecule has 0 spiro atoms. The van der Waals surface area contributed by atoms with Crippen LogP contribution in [-0.2, 0) is 9.59 Å². The highest BCUT2D eigenvalue weighted by Gasteiger charge is 2.43. The van der Waals surface area contributed by atoms with E-state index in [0.717, 1.165) is 24.3 Å². The van der Waals surface area contributed by atoms with E-state index in [9.17, 15) is 19.5 Å². The van der Waals surface area contributed by atoms with Gasteiger partial charge in [0.1, 0.15) is 17.4 Å². The molecular formula is C31H49N5O4S2. The molecule has 1 unspecified atom stereocenters. The van der Waals surface area contributed by atoms with Gasteiger partial charge >= 0.3 is 0 Å². The van der Waals surface area contributed by atoms with Crippen molar-refractivity contribution in [2.75, 3.05) is 16.8 Å². The minimum Gasteiger partial charge on any atom is -0.393 e. The Balaban J connectivity index is 1.81. The zero-order valence-corrected chi connectivity index (χ0v) is 26.7. The summed E-state index contributed by atoms with van der Waals surface area (Å²) in [5.41, 5.74) is 11.2. The van der Waals surface area contributed by atoms with E-state index in [1.54, 1.807) is 41.7 Å². The maximum atomic E-state index is 14.2. The number of aromatic nitrogens is 1. The zero-order chi connectivity index (χ0) is 30.7. The van der Waals surface area contributed by atoms with Gasteiger partial charge in [-0.3, -0.25) is 14.4 Å². The molecule has 0 radical (unpaired) electrons. The monoisotopic (exact) mass is 619 g/mol. The topological polar surface area (TPSA) is 160 Å². The van der Waals surface area contributed by atoms with Crippen molar-refractivity contribution in [2.24, 2.45) is 23.3 Å². The quantitative estimate of drug-likeness (QED) is 0.135. The SMILES string of the molecule is C=CC[C@@](CC(O)CCC1CCCCC1)(NC(=O)[C@@H](N)C1SCCS1)C(=O)c1ccc(NC(=O)[C@@H](N)[C@@H](C)CC)nc1. The number of nitrogens with zero attached hydrogens (tertiary/aromatic N) is 1. The van der Waals surface area contributed by atoms with Crippen molar-refractivity contribution in [3.05, 3.63) is 36.5 Å². The molecule has 1 saturated heterocycles. The van der Waals surface area contributed by atoms with Crippen molar-refractivity contribution in [3.63, 3.8) is 0 Å². The van der Waals surface area contributed by atoms with Crippen molar-refractivity contribution < 1.29 is 19.5 Å². The van der Waals surface area contributed by atoms with Gasteiger partial charge in [0.2, 0.25) is 11.8 Å². The van der Waals surface area contributed by atoms with Gasteiger partial charge < -0.3 is 27.2 Å².